The highest BCUT2D eigenvalue weighted by Crippen LogP contribution is 2.33. The van der Waals surface area contributed by atoms with E-state index in [-0.39, 0.29) is 17.9 Å². The number of likely N-dealkylation sites (tertiary alicyclic amines) is 1. The predicted octanol–water partition coefficient (Wildman–Crippen LogP) is 1.15. The normalized spacial score (nSPS) is 35.7. The lowest BCUT2D eigenvalue weighted by atomic mass is 9.88. The first kappa shape index (κ1) is 17.3. The van der Waals surface area contributed by atoms with Crippen molar-refractivity contribution in [3.05, 3.63) is 0 Å². The number of nitrogens with zero attached hydrogens (tertiary/aromatic N) is 2. The summed E-state index contributed by atoms with van der Waals surface area (Å²) >= 11 is 0. The molecule has 1 N–H and O–H groups in total. The van der Waals surface area contributed by atoms with Crippen molar-refractivity contribution in [3.63, 3.8) is 0 Å². The van der Waals surface area contributed by atoms with Crippen molar-refractivity contribution < 1.29 is 14.3 Å². The van der Waals surface area contributed by atoms with E-state index in [1.807, 2.05) is 9.80 Å². The van der Waals surface area contributed by atoms with Gasteiger partial charge in [0.1, 0.15) is 6.04 Å². The Morgan fingerprint density at radius 1 is 0.960 bits per heavy atom. The van der Waals surface area contributed by atoms with Crippen LogP contribution in [0, 0.1) is 5.92 Å². The number of hydrogen-bond acceptors (Lipinski definition) is 4. The Bertz CT molecular complexity index is 494. The molecular weight excluding hydrogens is 318 g/mol. The molecule has 0 saturated carbocycles. The lowest BCUT2D eigenvalue weighted by Gasteiger charge is -2.39. The molecule has 25 heavy (non-hydrogen) atoms. The summed E-state index contributed by atoms with van der Waals surface area (Å²) in [6.45, 7) is 3.30. The van der Waals surface area contributed by atoms with Gasteiger partial charge in [0.25, 0.3) is 0 Å². The van der Waals surface area contributed by atoms with Crippen LogP contribution < -0.4 is 5.32 Å². The molecule has 2 amide bonds. The number of morpholine rings is 1. The lowest BCUT2D eigenvalue weighted by Crippen LogP contribution is -2.55. The van der Waals surface area contributed by atoms with Crippen LogP contribution in [0.3, 0.4) is 0 Å². The summed E-state index contributed by atoms with van der Waals surface area (Å²) in [7, 11) is 0. The van der Waals surface area contributed by atoms with Gasteiger partial charge in [-0.3, -0.25) is 9.59 Å². The van der Waals surface area contributed by atoms with Crippen molar-refractivity contribution in [2.75, 3.05) is 32.8 Å². The molecular formula is C19H31N3O3. The van der Waals surface area contributed by atoms with Gasteiger partial charge in [-0.25, -0.2) is 0 Å². The van der Waals surface area contributed by atoms with Gasteiger partial charge in [-0.2, -0.15) is 0 Å². The quantitative estimate of drug-likeness (QED) is 0.830. The Hall–Kier alpha value is -1.14. The number of piperidine rings is 2. The first-order chi connectivity index (χ1) is 12.2. The van der Waals surface area contributed by atoms with Gasteiger partial charge in [0.05, 0.1) is 13.2 Å². The van der Waals surface area contributed by atoms with Crippen LogP contribution in [0.2, 0.25) is 0 Å². The van der Waals surface area contributed by atoms with Crippen molar-refractivity contribution in [1.29, 1.82) is 0 Å². The third kappa shape index (κ3) is 3.85. The number of fused-ring (bicyclic) bond motifs is 2. The minimum absolute atomic E-state index is 0.140. The van der Waals surface area contributed by atoms with Crippen molar-refractivity contribution >= 4 is 11.8 Å². The molecule has 4 aliphatic heterocycles. The van der Waals surface area contributed by atoms with E-state index in [2.05, 4.69) is 5.32 Å². The number of amides is 2. The Labute approximate surface area is 150 Å². The Morgan fingerprint density at radius 3 is 2.40 bits per heavy atom. The first-order valence-corrected chi connectivity index (χ1v) is 10.1. The van der Waals surface area contributed by atoms with Gasteiger partial charge in [-0.05, 0) is 50.9 Å². The summed E-state index contributed by atoms with van der Waals surface area (Å²) in [6, 6.07) is 0.991. The number of carbonyl (C=O) groups excluding carboxylic acids is 2. The highest BCUT2D eigenvalue weighted by atomic mass is 16.5. The van der Waals surface area contributed by atoms with Crippen LogP contribution in [0.4, 0.5) is 0 Å². The average Bonchev–Trinajstić information content (AvgIpc) is 3.00. The van der Waals surface area contributed by atoms with Crippen LogP contribution in [0.25, 0.3) is 0 Å². The van der Waals surface area contributed by atoms with Gasteiger partial charge >= 0.3 is 0 Å². The molecule has 4 rings (SSSR count). The van der Waals surface area contributed by atoms with E-state index in [1.165, 1.54) is 12.8 Å². The highest BCUT2D eigenvalue weighted by molar-refractivity contribution is 5.88. The van der Waals surface area contributed by atoms with Crippen LogP contribution in [0.5, 0.6) is 0 Å². The molecule has 0 radical (unpaired) electrons. The third-order valence-electron chi connectivity index (χ3n) is 6.46. The van der Waals surface area contributed by atoms with Crippen molar-refractivity contribution in [3.8, 4) is 0 Å². The Balaban J connectivity index is 1.38. The number of hydrogen-bond donors (Lipinski definition) is 1. The standard InChI is InChI=1S/C19H31N3O3/c23-18(13-14-11-15-4-5-16(12-14)20-15)22-6-2-1-3-17(22)19(24)21-7-9-25-10-8-21/h14-17,20H,1-13H2. The molecule has 0 aliphatic carbocycles. The molecule has 4 saturated heterocycles. The Morgan fingerprint density at radius 2 is 1.68 bits per heavy atom. The molecule has 4 fully saturated rings. The maximum absolute atomic E-state index is 13.0. The zero-order valence-electron chi connectivity index (χ0n) is 15.1. The molecule has 6 heteroatoms. The maximum atomic E-state index is 13.0. The molecule has 4 aliphatic rings. The largest absolute Gasteiger partial charge is 0.378 e. The van der Waals surface area contributed by atoms with Crippen LogP contribution in [0.1, 0.15) is 51.4 Å². The second kappa shape index (κ2) is 7.62. The zero-order chi connectivity index (χ0) is 17.2. The minimum atomic E-state index is -0.238. The minimum Gasteiger partial charge on any atom is -0.378 e. The SMILES string of the molecule is O=C(C1CCCCN1C(=O)CC1CC2CCC(C1)N2)N1CCOCC1. The fourth-order valence-electron chi connectivity index (χ4n) is 5.19. The molecule has 3 unspecified atom stereocenters. The summed E-state index contributed by atoms with van der Waals surface area (Å²) in [4.78, 5) is 29.7. The van der Waals surface area contributed by atoms with Crippen molar-refractivity contribution in [1.82, 2.24) is 15.1 Å². The van der Waals surface area contributed by atoms with Crippen LogP contribution in [-0.4, -0.2) is 72.6 Å². The summed E-state index contributed by atoms with van der Waals surface area (Å²) in [5.41, 5.74) is 0. The zero-order valence-corrected chi connectivity index (χ0v) is 15.1. The molecule has 3 atom stereocenters. The van der Waals surface area contributed by atoms with Crippen molar-refractivity contribution in [2.45, 2.75) is 69.5 Å². The molecule has 2 bridgehead atoms. The van der Waals surface area contributed by atoms with Gasteiger partial charge in [-0.1, -0.05) is 0 Å². The molecule has 0 spiro atoms. The lowest BCUT2D eigenvalue weighted by molar-refractivity contribution is -0.150. The highest BCUT2D eigenvalue weighted by Gasteiger charge is 2.38. The monoisotopic (exact) mass is 349 g/mol. The van der Waals surface area contributed by atoms with Crippen LogP contribution in [-0.2, 0) is 14.3 Å². The summed E-state index contributed by atoms with van der Waals surface area (Å²) in [6.07, 6.45) is 8.28. The van der Waals surface area contributed by atoms with Gasteiger partial charge in [-0.15, -0.1) is 0 Å². The predicted molar refractivity (Wildman–Crippen MR) is 94.0 cm³/mol. The van der Waals surface area contributed by atoms with E-state index in [0.29, 0.717) is 50.7 Å². The van der Waals surface area contributed by atoms with E-state index >= 15 is 0 Å². The van der Waals surface area contributed by atoms with Gasteiger partial charge < -0.3 is 19.9 Å². The molecule has 0 aromatic heterocycles. The first-order valence-electron chi connectivity index (χ1n) is 10.1. The smallest absolute Gasteiger partial charge is 0.245 e. The molecule has 4 heterocycles. The second-order valence-electron chi connectivity index (χ2n) is 8.22. The van der Waals surface area contributed by atoms with E-state index in [1.54, 1.807) is 0 Å². The summed E-state index contributed by atoms with van der Waals surface area (Å²) < 4.78 is 5.36. The van der Waals surface area contributed by atoms with E-state index < -0.39 is 0 Å². The fourth-order valence-corrected chi connectivity index (χ4v) is 5.19. The van der Waals surface area contributed by atoms with Crippen molar-refractivity contribution in [2.24, 2.45) is 5.92 Å². The topological polar surface area (TPSA) is 61.9 Å². The average molecular weight is 349 g/mol. The fraction of sp³-hybridized carbons (Fsp3) is 0.895. The van der Waals surface area contributed by atoms with Crippen LogP contribution in [0.15, 0.2) is 0 Å². The second-order valence-corrected chi connectivity index (χ2v) is 8.22. The Kier molecular flexibility index (Phi) is 5.27. The van der Waals surface area contributed by atoms with Gasteiger partial charge in [0.2, 0.25) is 11.8 Å². The molecule has 0 aromatic carbocycles. The van der Waals surface area contributed by atoms with E-state index in [4.69, 9.17) is 4.74 Å². The number of rotatable bonds is 3. The van der Waals surface area contributed by atoms with E-state index in [0.717, 1.165) is 38.6 Å². The molecule has 140 valence electrons. The van der Waals surface area contributed by atoms with Gasteiger partial charge in [0, 0.05) is 38.1 Å². The number of nitrogens with one attached hydrogen (secondary N) is 1. The summed E-state index contributed by atoms with van der Waals surface area (Å²) in [5.74, 6) is 0.839. The molecule has 6 nitrogen and oxygen atoms in total. The third-order valence-corrected chi connectivity index (χ3v) is 6.46. The van der Waals surface area contributed by atoms with E-state index in [9.17, 15) is 9.59 Å². The number of carbonyl (C=O) groups is 2. The van der Waals surface area contributed by atoms with Crippen LogP contribution >= 0.6 is 0 Å². The number of ether oxygens (including phenoxy) is 1. The summed E-state index contributed by atoms with van der Waals surface area (Å²) in [5, 5.41) is 3.65. The molecule has 0 aromatic rings. The van der Waals surface area contributed by atoms with Gasteiger partial charge in [0.15, 0.2) is 0 Å². The maximum Gasteiger partial charge on any atom is 0.245 e.